The molecule has 208 valence electrons. The number of H-pyrrole nitrogens is 1. The van der Waals surface area contributed by atoms with Crippen molar-refractivity contribution in [2.45, 2.75) is 39.2 Å². The highest BCUT2D eigenvalue weighted by Gasteiger charge is 2.23. The van der Waals surface area contributed by atoms with Crippen molar-refractivity contribution in [2.24, 2.45) is 11.7 Å². The summed E-state index contributed by atoms with van der Waals surface area (Å²) in [5.74, 6) is -1.06. The number of amides is 2. The molecule has 1 atom stereocenters. The fourth-order valence-electron chi connectivity index (χ4n) is 5.23. The summed E-state index contributed by atoms with van der Waals surface area (Å²) >= 11 is 0. The average Bonchev–Trinajstić information content (AvgIpc) is 3.58. The Morgan fingerprint density at radius 2 is 1.90 bits per heavy atom. The molecule has 4 aromatic rings. The number of hydrogen-bond donors (Lipinski definition) is 3. The van der Waals surface area contributed by atoms with Crippen LogP contribution in [-0.2, 0) is 11.2 Å². The van der Waals surface area contributed by atoms with Crippen LogP contribution in [0.15, 0.2) is 53.1 Å². The Kier molecular flexibility index (Phi) is 8.19. The number of nitrogens with two attached hydrogens (primary N) is 1. The summed E-state index contributed by atoms with van der Waals surface area (Å²) in [6.07, 6.45) is 5.30. The Bertz CT molecular complexity index is 1550. The van der Waals surface area contributed by atoms with Crippen molar-refractivity contribution in [1.29, 1.82) is 5.26 Å². The van der Waals surface area contributed by atoms with E-state index in [-0.39, 0.29) is 11.7 Å². The largest absolute Gasteiger partial charge is 0.451 e. The average molecular weight is 541 g/mol. The number of rotatable bonds is 9. The highest BCUT2D eigenvalue weighted by Crippen LogP contribution is 2.26. The number of aryl methyl sites for hydroxylation is 1. The van der Waals surface area contributed by atoms with Gasteiger partial charge in [0.05, 0.1) is 17.7 Å². The number of aromatic nitrogens is 1. The number of unbranched alkanes of at least 4 members (excludes halogenated alkanes) is 1. The van der Waals surface area contributed by atoms with Crippen LogP contribution in [0.1, 0.15) is 48.4 Å². The molecule has 0 bridgehead atoms. The van der Waals surface area contributed by atoms with Gasteiger partial charge in [0, 0.05) is 54.4 Å². The lowest BCUT2D eigenvalue weighted by molar-refractivity contribution is -0.122. The van der Waals surface area contributed by atoms with Gasteiger partial charge < -0.3 is 20.0 Å². The second kappa shape index (κ2) is 11.9. The quantitative estimate of drug-likeness (QED) is 0.272. The smallest absolute Gasteiger partial charge is 0.293 e. The number of anilines is 1. The SMILES string of the molecule is CC(C)C(N)C(=O)NC(=O)c1cc2cc(N3CCN(CCCCc4c[nH]c5ccc(C#N)cc45)CC3)ccc2o1. The molecular formula is C31H36N6O3. The van der Waals surface area contributed by atoms with Crippen LogP contribution in [0, 0.1) is 17.2 Å². The van der Waals surface area contributed by atoms with Crippen LogP contribution >= 0.6 is 0 Å². The number of carbonyl (C=O) groups is 2. The van der Waals surface area contributed by atoms with Gasteiger partial charge in [-0.05, 0) is 79.8 Å². The van der Waals surface area contributed by atoms with Gasteiger partial charge in [0.25, 0.3) is 5.91 Å². The summed E-state index contributed by atoms with van der Waals surface area (Å²) < 4.78 is 5.70. The predicted molar refractivity (Wildman–Crippen MR) is 156 cm³/mol. The van der Waals surface area contributed by atoms with E-state index < -0.39 is 17.9 Å². The number of aromatic amines is 1. The van der Waals surface area contributed by atoms with Crippen molar-refractivity contribution >= 4 is 39.4 Å². The van der Waals surface area contributed by atoms with Crippen molar-refractivity contribution in [1.82, 2.24) is 15.2 Å². The number of imide groups is 1. The van der Waals surface area contributed by atoms with Crippen molar-refractivity contribution in [2.75, 3.05) is 37.6 Å². The van der Waals surface area contributed by atoms with E-state index in [1.807, 2.05) is 50.2 Å². The third-order valence-electron chi connectivity index (χ3n) is 7.79. The molecule has 1 unspecified atom stereocenters. The van der Waals surface area contributed by atoms with E-state index >= 15 is 0 Å². The van der Waals surface area contributed by atoms with Crippen LogP contribution in [-0.4, -0.2) is 60.5 Å². The molecule has 1 aliphatic heterocycles. The van der Waals surface area contributed by atoms with Crippen LogP contribution in [0.3, 0.4) is 0 Å². The van der Waals surface area contributed by atoms with Gasteiger partial charge in [-0.1, -0.05) is 13.8 Å². The minimum atomic E-state index is -0.753. The molecule has 2 aromatic heterocycles. The number of benzene rings is 2. The summed E-state index contributed by atoms with van der Waals surface area (Å²) in [6.45, 7) is 8.57. The zero-order valence-electron chi connectivity index (χ0n) is 23.1. The molecule has 0 saturated carbocycles. The van der Waals surface area contributed by atoms with E-state index in [9.17, 15) is 14.9 Å². The zero-order chi connectivity index (χ0) is 28.2. The van der Waals surface area contributed by atoms with Gasteiger partial charge in [0.15, 0.2) is 5.76 Å². The van der Waals surface area contributed by atoms with E-state index in [2.05, 4.69) is 32.4 Å². The highest BCUT2D eigenvalue weighted by molar-refractivity contribution is 6.06. The third-order valence-corrected chi connectivity index (χ3v) is 7.79. The number of carbonyl (C=O) groups excluding carboxylic acids is 2. The molecule has 0 aliphatic carbocycles. The van der Waals surface area contributed by atoms with Crippen LogP contribution in [0.5, 0.6) is 0 Å². The van der Waals surface area contributed by atoms with Gasteiger partial charge in [-0.2, -0.15) is 5.26 Å². The molecule has 40 heavy (non-hydrogen) atoms. The van der Waals surface area contributed by atoms with Gasteiger partial charge >= 0.3 is 0 Å². The van der Waals surface area contributed by atoms with E-state index in [0.717, 1.165) is 74.0 Å². The monoisotopic (exact) mass is 540 g/mol. The number of nitrogens with zero attached hydrogens (tertiary/aromatic N) is 3. The second-order valence-corrected chi connectivity index (χ2v) is 10.9. The summed E-state index contributed by atoms with van der Waals surface area (Å²) in [4.78, 5) is 32.9. The lowest BCUT2D eigenvalue weighted by Crippen LogP contribution is -2.46. The molecule has 1 fully saturated rings. The van der Waals surface area contributed by atoms with Crippen molar-refractivity contribution in [3.63, 3.8) is 0 Å². The Morgan fingerprint density at radius 3 is 2.65 bits per heavy atom. The molecule has 0 spiro atoms. The van der Waals surface area contributed by atoms with Gasteiger partial charge in [0.1, 0.15) is 5.58 Å². The first-order valence-corrected chi connectivity index (χ1v) is 13.9. The van der Waals surface area contributed by atoms with E-state index in [1.165, 1.54) is 5.56 Å². The Morgan fingerprint density at radius 1 is 1.10 bits per heavy atom. The number of nitrogens with one attached hydrogen (secondary N) is 2. The van der Waals surface area contributed by atoms with Crippen molar-refractivity contribution in [3.8, 4) is 6.07 Å². The minimum Gasteiger partial charge on any atom is -0.451 e. The summed E-state index contributed by atoms with van der Waals surface area (Å²) in [6, 6.07) is 14.9. The molecule has 4 N–H and O–H groups in total. The summed E-state index contributed by atoms with van der Waals surface area (Å²) in [5, 5.41) is 13.5. The maximum Gasteiger partial charge on any atom is 0.293 e. The van der Waals surface area contributed by atoms with E-state index in [4.69, 9.17) is 10.2 Å². The van der Waals surface area contributed by atoms with E-state index in [1.54, 1.807) is 6.07 Å². The second-order valence-electron chi connectivity index (χ2n) is 10.9. The normalized spacial score (nSPS) is 15.0. The third kappa shape index (κ3) is 6.03. The minimum absolute atomic E-state index is 0.0728. The lowest BCUT2D eigenvalue weighted by atomic mass is 10.1. The standard InChI is InChI=1S/C31H36N6O3/c1-20(2)29(33)31(39)35-30(38)28-17-23-16-24(7-9-27(23)40-28)37-13-11-36(12-14-37)10-4-3-5-22-19-34-26-8-6-21(18-32)15-25(22)26/h6-9,15-17,19-20,29,34H,3-5,10-14,33H2,1-2H3,(H,35,38,39). The number of hydrogen-bond acceptors (Lipinski definition) is 7. The van der Waals surface area contributed by atoms with Gasteiger partial charge in [-0.25, -0.2) is 0 Å². The molecule has 2 aromatic carbocycles. The molecule has 2 amide bonds. The first-order valence-electron chi connectivity index (χ1n) is 13.9. The molecular weight excluding hydrogens is 504 g/mol. The van der Waals surface area contributed by atoms with Crippen LogP contribution in [0.2, 0.25) is 0 Å². The summed E-state index contributed by atoms with van der Waals surface area (Å²) in [5.41, 5.74) is 10.6. The number of furan rings is 1. The van der Waals surface area contributed by atoms with Gasteiger partial charge in [-0.15, -0.1) is 0 Å². The van der Waals surface area contributed by atoms with E-state index in [0.29, 0.717) is 11.1 Å². The topological polar surface area (TPSA) is 131 Å². The highest BCUT2D eigenvalue weighted by atomic mass is 16.3. The molecule has 0 radical (unpaired) electrons. The fourth-order valence-corrected chi connectivity index (χ4v) is 5.23. The Hall–Kier alpha value is -4.13. The van der Waals surface area contributed by atoms with Crippen molar-refractivity contribution in [3.05, 3.63) is 65.5 Å². The Labute approximate surface area is 233 Å². The molecule has 3 heterocycles. The molecule has 5 rings (SSSR count). The first-order chi connectivity index (χ1) is 19.3. The van der Waals surface area contributed by atoms with Crippen LogP contribution < -0.4 is 16.0 Å². The van der Waals surface area contributed by atoms with Crippen LogP contribution in [0.4, 0.5) is 5.69 Å². The first kappa shape index (κ1) is 27.4. The maximum atomic E-state index is 12.5. The number of nitriles is 1. The fraction of sp³-hybridized carbons (Fsp3) is 0.387. The van der Waals surface area contributed by atoms with Crippen molar-refractivity contribution < 1.29 is 14.0 Å². The number of fused-ring (bicyclic) bond motifs is 2. The van der Waals surface area contributed by atoms with Crippen LogP contribution in [0.25, 0.3) is 21.9 Å². The molecule has 9 nitrogen and oxygen atoms in total. The molecule has 1 saturated heterocycles. The van der Waals surface area contributed by atoms with Gasteiger partial charge in [-0.3, -0.25) is 19.8 Å². The number of piperazine rings is 1. The Balaban J connectivity index is 1.10. The maximum absolute atomic E-state index is 12.5. The lowest BCUT2D eigenvalue weighted by Gasteiger charge is -2.36. The predicted octanol–water partition coefficient (Wildman–Crippen LogP) is 4.17. The molecule has 9 heteroatoms. The molecule has 1 aliphatic rings. The summed E-state index contributed by atoms with van der Waals surface area (Å²) in [7, 11) is 0. The zero-order valence-corrected chi connectivity index (χ0v) is 23.1. The van der Waals surface area contributed by atoms with Gasteiger partial charge in [0.2, 0.25) is 5.91 Å².